The highest BCUT2D eigenvalue weighted by Crippen LogP contribution is 2.24. The maximum absolute atomic E-state index is 12.4. The smallest absolute Gasteiger partial charge is 0.238 e. The van der Waals surface area contributed by atoms with Gasteiger partial charge in [0, 0.05) is 30.7 Å². The second-order valence-corrected chi connectivity index (χ2v) is 8.21. The largest absolute Gasteiger partial charge is 0.353 e. The molecule has 5 nitrogen and oxygen atoms in total. The number of aryl methyl sites for hydroxylation is 2. The molecule has 0 unspecified atom stereocenters. The molecular weight excluding hydrogens is 338 g/mol. The number of nitrogens with one attached hydrogen (secondary N) is 2. The van der Waals surface area contributed by atoms with E-state index in [4.69, 9.17) is 0 Å². The SMILES string of the molecule is Cc1cccc(C)c1NC(=O)CN1CCC(NC(=O)C2CCCCC2)CC1. The second-order valence-electron chi connectivity index (χ2n) is 8.21. The number of likely N-dealkylation sites (tertiary alicyclic amines) is 1. The van der Waals surface area contributed by atoms with Gasteiger partial charge in [-0.3, -0.25) is 14.5 Å². The van der Waals surface area contributed by atoms with E-state index in [9.17, 15) is 9.59 Å². The molecule has 1 heterocycles. The Hall–Kier alpha value is -1.88. The molecule has 2 N–H and O–H groups in total. The van der Waals surface area contributed by atoms with Gasteiger partial charge in [0.1, 0.15) is 0 Å². The third kappa shape index (κ3) is 5.55. The quantitative estimate of drug-likeness (QED) is 0.834. The molecule has 2 amide bonds. The van der Waals surface area contributed by atoms with Crippen LogP contribution in [-0.4, -0.2) is 42.4 Å². The Balaban J connectivity index is 1.41. The number of hydrogen-bond donors (Lipinski definition) is 2. The van der Waals surface area contributed by atoms with Gasteiger partial charge in [-0.2, -0.15) is 0 Å². The summed E-state index contributed by atoms with van der Waals surface area (Å²) in [7, 11) is 0. The summed E-state index contributed by atoms with van der Waals surface area (Å²) in [5.74, 6) is 0.512. The van der Waals surface area contributed by atoms with Gasteiger partial charge in [-0.1, -0.05) is 37.5 Å². The van der Waals surface area contributed by atoms with Gasteiger partial charge in [-0.15, -0.1) is 0 Å². The lowest BCUT2D eigenvalue weighted by Crippen LogP contribution is -2.48. The van der Waals surface area contributed by atoms with Gasteiger partial charge in [0.2, 0.25) is 11.8 Å². The summed E-state index contributed by atoms with van der Waals surface area (Å²) in [6, 6.07) is 6.30. The van der Waals surface area contributed by atoms with Crippen LogP contribution in [0.25, 0.3) is 0 Å². The van der Waals surface area contributed by atoms with Crippen molar-refractivity contribution >= 4 is 17.5 Å². The van der Waals surface area contributed by atoms with Crippen LogP contribution in [0.1, 0.15) is 56.1 Å². The van der Waals surface area contributed by atoms with Crippen molar-refractivity contribution in [2.24, 2.45) is 5.92 Å². The highest BCUT2D eigenvalue weighted by atomic mass is 16.2. The van der Waals surface area contributed by atoms with Gasteiger partial charge >= 0.3 is 0 Å². The molecule has 2 fully saturated rings. The first-order valence-electron chi connectivity index (χ1n) is 10.4. The summed E-state index contributed by atoms with van der Waals surface area (Å²) in [5, 5.41) is 6.31. The fraction of sp³-hybridized carbons (Fsp3) is 0.636. The molecule has 27 heavy (non-hydrogen) atoms. The Labute approximate surface area is 162 Å². The summed E-state index contributed by atoms with van der Waals surface area (Å²) < 4.78 is 0. The number of piperidine rings is 1. The van der Waals surface area contributed by atoms with Crippen LogP contribution in [0.3, 0.4) is 0 Å². The van der Waals surface area contributed by atoms with E-state index < -0.39 is 0 Å². The normalized spacial score (nSPS) is 19.6. The zero-order valence-electron chi connectivity index (χ0n) is 16.7. The van der Waals surface area contributed by atoms with Gasteiger partial charge in [-0.05, 0) is 50.7 Å². The maximum Gasteiger partial charge on any atom is 0.238 e. The van der Waals surface area contributed by atoms with Crippen molar-refractivity contribution in [3.05, 3.63) is 29.3 Å². The summed E-state index contributed by atoms with van der Waals surface area (Å²) in [6.45, 7) is 6.16. The van der Waals surface area contributed by atoms with Crippen molar-refractivity contribution in [1.29, 1.82) is 0 Å². The van der Waals surface area contributed by atoms with Crippen molar-refractivity contribution in [3.8, 4) is 0 Å². The van der Waals surface area contributed by atoms with E-state index in [1.165, 1.54) is 19.3 Å². The zero-order valence-corrected chi connectivity index (χ0v) is 16.7. The number of rotatable bonds is 5. The summed E-state index contributed by atoms with van der Waals surface area (Å²) in [6.07, 6.45) is 7.58. The van der Waals surface area contributed by atoms with Gasteiger partial charge in [0.05, 0.1) is 6.54 Å². The highest BCUT2D eigenvalue weighted by Gasteiger charge is 2.26. The lowest BCUT2D eigenvalue weighted by Gasteiger charge is -2.33. The molecule has 1 aliphatic heterocycles. The lowest BCUT2D eigenvalue weighted by atomic mass is 9.88. The molecular formula is C22H33N3O2. The van der Waals surface area contributed by atoms with Crippen LogP contribution in [0.4, 0.5) is 5.69 Å². The highest BCUT2D eigenvalue weighted by molar-refractivity contribution is 5.93. The first kappa shape index (κ1) is 19.9. The van der Waals surface area contributed by atoms with E-state index in [1.54, 1.807) is 0 Å². The van der Waals surface area contributed by atoms with Crippen molar-refractivity contribution in [2.75, 3.05) is 25.0 Å². The van der Waals surface area contributed by atoms with Gasteiger partial charge < -0.3 is 10.6 Å². The molecule has 1 aromatic carbocycles. The number of para-hydroxylation sites is 1. The van der Waals surface area contributed by atoms with Crippen LogP contribution in [0.5, 0.6) is 0 Å². The number of nitrogens with zero attached hydrogens (tertiary/aromatic N) is 1. The Morgan fingerprint density at radius 1 is 1.00 bits per heavy atom. The minimum absolute atomic E-state index is 0.0390. The molecule has 1 saturated heterocycles. The fourth-order valence-corrected chi connectivity index (χ4v) is 4.31. The van der Waals surface area contributed by atoms with Crippen LogP contribution in [0.2, 0.25) is 0 Å². The van der Waals surface area contributed by atoms with E-state index in [0.717, 1.165) is 55.6 Å². The van der Waals surface area contributed by atoms with Gasteiger partial charge in [0.15, 0.2) is 0 Å². The van der Waals surface area contributed by atoms with E-state index >= 15 is 0 Å². The molecule has 0 bridgehead atoms. The predicted molar refractivity (Wildman–Crippen MR) is 109 cm³/mol. The van der Waals surface area contributed by atoms with E-state index in [-0.39, 0.29) is 23.8 Å². The molecule has 0 atom stereocenters. The Kier molecular flexibility index (Phi) is 6.89. The van der Waals surface area contributed by atoms with Crippen molar-refractivity contribution in [1.82, 2.24) is 10.2 Å². The molecule has 5 heteroatoms. The molecule has 0 radical (unpaired) electrons. The lowest BCUT2D eigenvalue weighted by molar-refractivity contribution is -0.127. The summed E-state index contributed by atoms with van der Waals surface area (Å²) >= 11 is 0. The van der Waals surface area contributed by atoms with Crippen LogP contribution in [0, 0.1) is 19.8 Å². The molecule has 1 aromatic rings. The monoisotopic (exact) mass is 371 g/mol. The standard InChI is InChI=1S/C22H33N3O2/c1-16-7-6-8-17(2)21(16)24-20(26)15-25-13-11-19(12-14-25)23-22(27)18-9-4-3-5-10-18/h6-8,18-19H,3-5,9-15H2,1-2H3,(H,23,27)(H,24,26). The first-order chi connectivity index (χ1) is 13.0. The van der Waals surface area contributed by atoms with Crippen LogP contribution >= 0.6 is 0 Å². The molecule has 1 saturated carbocycles. The fourth-order valence-electron chi connectivity index (χ4n) is 4.31. The zero-order chi connectivity index (χ0) is 19.2. The van der Waals surface area contributed by atoms with E-state index in [1.807, 2.05) is 32.0 Å². The van der Waals surface area contributed by atoms with E-state index in [2.05, 4.69) is 15.5 Å². The van der Waals surface area contributed by atoms with Crippen LogP contribution < -0.4 is 10.6 Å². The molecule has 148 valence electrons. The van der Waals surface area contributed by atoms with Crippen LogP contribution in [0.15, 0.2) is 18.2 Å². The average Bonchev–Trinajstić information content (AvgIpc) is 2.67. The number of carbonyl (C=O) groups is 2. The number of benzene rings is 1. The minimum Gasteiger partial charge on any atom is -0.353 e. The third-order valence-electron chi connectivity index (χ3n) is 6.02. The molecule has 2 aliphatic rings. The van der Waals surface area contributed by atoms with Crippen LogP contribution in [-0.2, 0) is 9.59 Å². The number of amides is 2. The topological polar surface area (TPSA) is 61.4 Å². The van der Waals surface area contributed by atoms with Crippen molar-refractivity contribution in [2.45, 2.75) is 64.8 Å². The maximum atomic E-state index is 12.4. The number of hydrogen-bond acceptors (Lipinski definition) is 3. The number of anilines is 1. The van der Waals surface area contributed by atoms with Crippen molar-refractivity contribution < 1.29 is 9.59 Å². The second kappa shape index (κ2) is 9.36. The van der Waals surface area contributed by atoms with E-state index in [0.29, 0.717) is 6.54 Å². The molecule has 0 spiro atoms. The average molecular weight is 372 g/mol. The minimum atomic E-state index is 0.0390. The molecule has 0 aromatic heterocycles. The summed E-state index contributed by atoms with van der Waals surface area (Å²) in [4.78, 5) is 27.0. The third-order valence-corrected chi connectivity index (χ3v) is 6.02. The summed E-state index contributed by atoms with van der Waals surface area (Å²) in [5.41, 5.74) is 3.11. The number of carbonyl (C=O) groups excluding carboxylic acids is 2. The Morgan fingerprint density at radius 3 is 2.26 bits per heavy atom. The first-order valence-corrected chi connectivity index (χ1v) is 10.4. The van der Waals surface area contributed by atoms with Gasteiger partial charge in [-0.25, -0.2) is 0 Å². The Morgan fingerprint density at radius 2 is 1.63 bits per heavy atom. The molecule has 1 aliphatic carbocycles. The predicted octanol–water partition coefficient (Wildman–Crippen LogP) is 3.40. The van der Waals surface area contributed by atoms with Crippen molar-refractivity contribution in [3.63, 3.8) is 0 Å². The van der Waals surface area contributed by atoms with Gasteiger partial charge in [0.25, 0.3) is 0 Å². The molecule has 3 rings (SSSR count). The Bertz CT molecular complexity index is 639.